The molecular formula is C15H17ClF3NO. The molecule has 1 aliphatic rings. The Labute approximate surface area is 126 Å². The van der Waals surface area contributed by atoms with Crippen LogP contribution in [-0.2, 0) is 4.79 Å². The molecule has 1 heterocycles. The topological polar surface area (TPSA) is 20.3 Å². The highest BCUT2D eigenvalue weighted by Crippen LogP contribution is 2.29. The summed E-state index contributed by atoms with van der Waals surface area (Å²) in [5, 5.41) is 0.679. The van der Waals surface area contributed by atoms with Crippen LogP contribution >= 0.6 is 11.6 Å². The molecule has 1 aromatic carbocycles. The number of alkyl halides is 3. The molecule has 0 radical (unpaired) electrons. The third-order valence-electron chi connectivity index (χ3n) is 3.81. The molecule has 1 saturated heterocycles. The van der Waals surface area contributed by atoms with Gasteiger partial charge in [-0.3, -0.25) is 4.79 Å². The lowest BCUT2D eigenvalue weighted by Crippen LogP contribution is -2.38. The van der Waals surface area contributed by atoms with Crippen LogP contribution in [0.25, 0.3) is 0 Å². The van der Waals surface area contributed by atoms with E-state index in [1.165, 1.54) is 10.5 Å². The molecule has 0 bridgehead atoms. The van der Waals surface area contributed by atoms with Crippen LogP contribution in [0.15, 0.2) is 24.3 Å². The molecular weight excluding hydrogens is 303 g/mol. The fourth-order valence-corrected chi connectivity index (χ4v) is 2.73. The van der Waals surface area contributed by atoms with E-state index in [1.807, 2.05) is 24.3 Å². The van der Waals surface area contributed by atoms with Crippen molar-refractivity contribution in [3.63, 3.8) is 0 Å². The molecule has 0 aromatic heterocycles. The molecule has 6 heteroatoms. The van der Waals surface area contributed by atoms with E-state index in [2.05, 4.69) is 0 Å². The van der Waals surface area contributed by atoms with Gasteiger partial charge in [0.2, 0.25) is 5.91 Å². The number of likely N-dealkylation sites (tertiary alicyclic amines) is 1. The number of hydrogen-bond acceptors (Lipinski definition) is 1. The summed E-state index contributed by atoms with van der Waals surface area (Å²) in [6, 6.07) is 7.60. The minimum atomic E-state index is -4.27. The van der Waals surface area contributed by atoms with E-state index in [9.17, 15) is 18.0 Å². The van der Waals surface area contributed by atoms with Gasteiger partial charge in [0.15, 0.2) is 0 Å². The number of carbonyl (C=O) groups excluding carboxylic acids is 1. The normalized spacial score (nSPS) is 17.0. The van der Waals surface area contributed by atoms with Crippen molar-refractivity contribution in [2.45, 2.75) is 37.8 Å². The zero-order chi connectivity index (χ0) is 15.5. The average molecular weight is 320 g/mol. The van der Waals surface area contributed by atoms with E-state index in [0.717, 1.165) is 12.8 Å². The van der Waals surface area contributed by atoms with E-state index >= 15 is 0 Å². The summed E-state index contributed by atoms with van der Waals surface area (Å²) in [4.78, 5) is 13.3. The fourth-order valence-electron chi connectivity index (χ4n) is 2.60. The summed E-state index contributed by atoms with van der Waals surface area (Å²) in [5.74, 6) is -0.0594. The maximum Gasteiger partial charge on any atom is 0.389 e. The summed E-state index contributed by atoms with van der Waals surface area (Å²) in [5.41, 5.74) is 1.17. The van der Waals surface area contributed by atoms with Crippen molar-refractivity contribution in [1.29, 1.82) is 0 Å². The maximum absolute atomic E-state index is 12.1. The van der Waals surface area contributed by atoms with Crippen LogP contribution in [0.2, 0.25) is 5.02 Å². The molecule has 21 heavy (non-hydrogen) atoms. The first-order chi connectivity index (χ1) is 9.85. The molecule has 0 N–H and O–H groups in total. The number of carbonyl (C=O) groups is 1. The Balaban J connectivity index is 1.82. The number of benzene rings is 1. The van der Waals surface area contributed by atoms with Crippen LogP contribution < -0.4 is 0 Å². The van der Waals surface area contributed by atoms with Gasteiger partial charge in [0.05, 0.1) is 6.42 Å². The molecule has 0 aliphatic carbocycles. The molecule has 1 aliphatic heterocycles. The van der Waals surface area contributed by atoms with Crippen LogP contribution in [0.3, 0.4) is 0 Å². The maximum atomic E-state index is 12.1. The molecule has 1 aromatic rings. The van der Waals surface area contributed by atoms with Gasteiger partial charge >= 0.3 is 6.18 Å². The fraction of sp³-hybridized carbons (Fsp3) is 0.533. The Kier molecular flexibility index (Phi) is 5.14. The lowest BCUT2D eigenvalue weighted by molar-refractivity contribution is -0.149. The van der Waals surface area contributed by atoms with E-state index in [4.69, 9.17) is 11.6 Å². The van der Waals surface area contributed by atoms with Crippen LogP contribution in [0, 0.1) is 0 Å². The van der Waals surface area contributed by atoms with E-state index < -0.39 is 24.9 Å². The smallest absolute Gasteiger partial charge is 0.343 e. The van der Waals surface area contributed by atoms with Gasteiger partial charge in [0.1, 0.15) is 0 Å². The molecule has 1 amide bonds. The number of piperidine rings is 1. The monoisotopic (exact) mass is 319 g/mol. The van der Waals surface area contributed by atoms with Gasteiger partial charge in [-0.2, -0.15) is 13.2 Å². The van der Waals surface area contributed by atoms with E-state index in [0.29, 0.717) is 24.0 Å². The Hall–Kier alpha value is -1.23. The molecule has 0 atom stereocenters. The molecule has 2 rings (SSSR count). The van der Waals surface area contributed by atoms with E-state index in [-0.39, 0.29) is 0 Å². The van der Waals surface area contributed by atoms with Crippen molar-refractivity contribution in [2.75, 3.05) is 13.1 Å². The van der Waals surface area contributed by atoms with Crippen molar-refractivity contribution in [3.8, 4) is 0 Å². The molecule has 1 fully saturated rings. The minimum Gasteiger partial charge on any atom is -0.343 e. The van der Waals surface area contributed by atoms with Gasteiger partial charge in [0, 0.05) is 24.5 Å². The molecule has 0 saturated carbocycles. The van der Waals surface area contributed by atoms with Crippen molar-refractivity contribution in [2.24, 2.45) is 0 Å². The highest BCUT2D eigenvalue weighted by Gasteiger charge is 2.30. The second-order valence-electron chi connectivity index (χ2n) is 5.32. The second kappa shape index (κ2) is 6.69. The summed E-state index contributed by atoms with van der Waals surface area (Å²) in [6.45, 7) is 1.04. The van der Waals surface area contributed by atoms with Gasteiger partial charge in [-0.05, 0) is 36.5 Å². The highest BCUT2D eigenvalue weighted by molar-refractivity contribution is 6.30. The molecule has 0 spiro atoms. The zero-order valence-corrected chi connectivity index (χ0v) is 12.3. The average Bonchev–Trinajstić information content (AvgIpc) is 2.45. The lowest BCUT2D eigenvalue weighted by atomic mass is 9.89. The summed E-state index contributed by atoms with van der Waals surface area (Å²) < 4.78 is 36.4. The van der Waals surface area contributed by atoms with Gasteiger partial charge in [-0.25, -0.2) is 0 Å². The van der Waals surface area contributed by atoms with Crippen molar-refractivity contribution < 1.29 is 18.0 Å². The third kappa shape index (κ3) is 4.92. The molecule has 0 unspecified atom stereocenters. The number of nitrogens with zero attached hydrogens (tertiary/aromatic N) is 1. The Morgan fingerprint density at radius 3 is 2.29 bits per heavy atom. The van der Waals surface area contributed by atoms with Gasteiger partial charge in [0.25, 0.3) is 0 Å². The van der Waals surface area contributed by atoms with Gasteiger partial charge in [-0.15, -0.1) is 0 Å². The highest BCUT2D eigenvalue weighted by atomic mass is 35.5. The van der Waals surface area contributed by atoms with Crippen LogP contribution in [0.5, 0.6) is 0 Å². The number of hydrogen-bond donors (Lipinski definition) is 0. The lowest BCUT2D eigenvalue weighted by Gasteiger charge is -2.32. The summed E-state index contributed by atoms with van der Waals surface area (Å²) >= 11 is 5.84. The van der Waals surface area contributed by atoms with Gasteiger partial charge in [-0.1, -0.05) is 23.7 Å². The van der Waals surface area contributed by atoms with Crippen LogP contribution in [0.1, 0.15) is 37.2 Å². The first-order valence-electron chi connectivity index (χ1n) is 6.95. The SMILES string of the molecule is O=C(CCC(F)(F)F)N1CCC(c2ccc(Cl)cc2)CC1. The standard InChI is InChI=1S/C15H17ClF3NO/c16-13-3-1-11(2-4-13)12-6-9-20(10-7-12)14(21)5-8-15(17,18)19/h1-4,12H,5-10H2. The Morgan fingerprint density at radius 2 is 1.76 bits per heavy atom. The molecule has 116 valence electrons. The second-order valence-corrected chi connectivity index (χ2v) is 5.76. The first kappa shape index (κ1) is 16.1. The predicted molar refractivity (Wildman–Crippen MR) is 75.3 cm³/mol. The van der Waals surface area contributed by atoms with Crippen molar-refractivity contribution in [3.05, 3.63) is 34.9 Å². The van der Waals surface area contributed by atoms with Crippen LogP contribution in [-0.4, -0.2) is 30.1 Å². The Bertz CT molecular complexity index is 479. The Morgan fingerprint density at radius 1 is 1.19 bits per heavy atom. The van der Waals surface area contributed by atoms with Crippen molar-refractivity contribution in [1.82, 2.24) is 4.90 Å². The number of rotatable bonds is 3. The number of halogens is 4. The summed E-state index contributed by atoms with van der Waals surface area (Å²) in [6.07, 6.45) is -4.20. The van der Waals surface area contributed by atoms with Crippen molar-refractivity contribution >= 4 is 17.5 Å². The predicted octanol–water partition coefficient (Wildman–Crippen LogP) is 4.39. The number of amides is 1. The van der Waals surface area contributed by atoms with E-state index in [1.54, 1.807) is 0 Å². The quantitative estimate of drug-likeness (QED) is 0.809. The van der Waals surface area contributed by atoms with Crippen LogP contribution in [0.4, 0.5) is 13.2 Å². The third-order valence-corrected chi connectivity index (χ3v) is 4.06. The first-order valence-corrected chi connectivity index (χ1v) is 7.33. The molecule has 2 nitrogen and oxygen atoms in total. The largest absolute Gasteiger partial charge is 0.389 e. The minimum absolute atomic E-state index is 0.342. The summed E-state index contributed by atoms with van der Waals surface area (Å²) in [7, 11) is 0. The zero-order valence-electron chi connectivity index (χ0n) is 11.5. The van der Waals surface area contributed by atoms with Gasteiger partial charge < -0.3 is 4.90 Å².